The van der Waals surface area contributed by atoms with E-state index in [1.807, 2.05) is 23.1 Å². The molecule has 1 N–H and O–H groups in total. The standard InChI is InChI=1S/C23H25N5O5S/c1-34(31,32)21-25-19-12-23(10-15-4-2-3-5-16(15)11-23)33-14-18(19)20(26-21)27-8-9-28(22(29)30)17(13-27)6-7-24/h2-5,17H,6,8-14H2,1H3,(H,29,30). The Kier molecular flexibility index (Phi) is 5.45. The van der Waals surface area contributed by atoms with Crippen molar-refractivity contribution in [3.63, 3.8) is 0 Å². The summed E-state index contributed by atoms with van der Waals surface area (Å²) in [4.78, 5) is 23.6. The minimum absolute atomic E-state index is 0.0346. The first-order chi connectivity index (χ1) is 16.2. The number of aromatic nitrogens is 2. The summed E-state index contributed by atoms with van der Waals surface area (Å²) in [6.07, 6.45) is 1.97. The third-order valence-electron chi connectivity index (χ3n) is 6.89. The molecule has 1 saturated heterocycles. The van der Waals surface area contributed by atoms with Crippen LogP contribution in [0.2, 0.25) is 0 Å². The molecule has 1 atom stereocenters. The van der Waals surface area contributed by atoms with Crippen molar-refractivity contribution in [1.29, 1.82) is 5.26 Å². The lowest BCUT2D eigenvalue weighted by Crippen LogP contribution is -2.55. The number of hydrogen-bond acceptors (Lipinski definition) is 8. The third kappa shape index (κ3) is 3.97. The maximum absolute atomic E-state index is 12.4. The highest BCUT2D eigenvalue weighted by Crippen LogP contribution is 2.41. The number of amides is 1. The molecule has 3 aliphatic rings. The second-order valence-corrected chi connectivity index (χ2v) is 11.1. The summed E-state index contributed by atoms with van der Waals surface area (Å²) in [6.45, 7) is 1.00. The second kappa shape index (κ2) is 8.21. The average Bonchev–Trinajstić information content (AvgIpc) is 3.14. The molecule has 1 aromatic heterocycles. The van der Waals surface area contributed by atoms with E-state index >= 15 is 0 Å². The van der Waals surface area contributed by atoms with Gasteiger partial charge in [0.15, 0.2) is 0 Å². The van der Waals surface area contributed by atoms with Gasteiger partial charge in [0.1, 0.15) is 5.82 Å². The molecule has 0 saturated carbocycles. The molecule has 1 fully saturated rings. The van der Waals surface area contributed by atoms with Gasteiger partial charge in [-0.3, -0.25) is 0 Å². The molecule has 2 aliphatic heterocycles. The van der Waals surface area contributed by atoms with E-state index in [9.17, 15) is 23.6 Å². The Bertz CT molecular complexity index is 1280. The molecule has 1 aromatic carbocycles. The number of anilines is 1. The molecule has 1 amide bonds. The lowest BCUT2D eigenvalue weighted by atomic mass is 9.89. The van der Waals surface area contributed by atoms with Crippen LogP contribution in [-0.2, 0) is 40.4 Å². The number of fused-ring (bicyclic) bond motifs is 2. The second-order valence-electron chi connectivity index (χ2n) is 9.24. The van der Waals surface area contributed by atoms with Crippen LogP contribution in [0.3, 0.4) is 0 Å². The van der Waals surface area contributed by atoms with Gasteiger partial charge in [-0.15, -0.1) is 0 Å². The summed E-state index contributed by atoms with van der Waals surface area (Å²) in [5.41, 5.74) is 3.37. The van der Waals surface area contributed by atoms with Crippen LogP contribution in [0.4, 0.5) is 10.6 Å². The quantitative estimate of drug-likeness (QED) is 0.645. The normalized spacial score (nSPS) is 21.1. The highest BCUT2D eigenvalue weighted by Gasteiger charge is 2.44. The van der Waals surface area contributed by atoms with Crippen molar-refractivity contribution in [3.8, 4) is 6.07 Å². The SMILES string of the molecule is CS(=O)(=O)c1nc2c(c(N3CCN(C(=O)O)C(CC#N)C3)n1)COC1(Cc3ccccc3C1)C2. The van der Waals surface area contributed by atoms with Crippen molar-refractivity contribution in [2.45, 2.75) is 49.1 Å². The van der Waals surface area contributed by atoms with E-state index in [4.69, 9.17) is 4.74 Å². The Labute approximate surface area is 197 Å². The van der Waals surface area contributed by atoms with Gasteiger partial charge in [0.2, 0.25) is 15.0 Å². The Morgan fingerprint density at radius 2 is 1.94 bits per heavy atom. The summed E-state index contributed by atoms with van der Waals surface area (Å²) < 4.78 is 31.3. The molecule has 1 spiro atoms. The van der Waals surface area contributed by atoms with Crippen molar-refractivity contribution in [2.75, 3.05) is 30.8 Å². The van der Waals surface area contributed by atoms with Gasteiger partial charge < -0.3 is 19.6 Å². The van der Waals surface area contributed by atoms with Crippen LogP contribution in [0, 0.1) is 11.3 Å². The van der Waals surface area contributed by atoms with Crippen molar-refractivity contribution in [3.05, 3.63) is 46.6 Å². The number of nitrogens with zero attached hydrogens (tertiary/aromatic N) is 5. The zero-order chi connectivity index (χ0) is 24.1. The number of carbonyl (C=O) groups is 1. The van der Waals surface area contributed by atoms with Gasteiger partial charge in [-0.1, -0.05) is 24.3 Å². The molecule has 11 heteroatoms. The molecule has 3 heterocycles. The molecular formula is C23H25N5O5S. The van der Waals surface area contributed by atoms with Crippen LogP contribution in [0.5, 0.6) is 0 Å². The summed E-state index contributed by atoms with van der Waals surface area (Å²) in [6, 6.07) is 9.70. The Morgan fingerprint density at radius 1 is 1.24 bits per heavy atom. The Morgan fingerprint density at radius 3 is 2.56 bits per heavy atom. The first-order valence-electron chi connectivity index (χ1n) is 11.1. The van der Waals surface area contributed by atoms with E-state index < -0.39 is 27.6 Å². The molecule has 5 rings (SSSR count). The minimum atomic E-state index is -3.68. The van der Waals surface area contributed by atoms with E-state index in [1.165, 1.54) is 16.0 Å². The van der Waals surface area contributed by atoms with E-state index in [0.29, 0.717) is 24.5 Å². The van der Waals surface area contributed by atoms with Crippen molar-refractivity contribution < 1.29 is 23.1 Å². The zero-order valence-electron chi connectivity index (χ0n) is 18.8. The summed E-state index contributed by atoms with van der Waals surface area (Å²) >= 11 is 0. The fraction of sp³-hybridized carbons (Fsp3) is 0.478. The molecule has 0 radical (unpaired) electrons. The van der Waals surface area contributed by atoms with Crippen molar-refractivity contribution in [1.82, 2.24) is 14.9 Å². The molecule has 178 valence electrons. The molecule has 10 nitrogen and oxygen atoms in total. The number of sulfone groups is 1. The van der Waals surface area contributed by atoms with E-state index in [2.05, 4.69) is 22.1 Å². The minimum Gasteiger partial charge on any atom is -0.465 e. The van der Waals surface area contributed by atoms with Crippen LogP contribution >= 0.6 is 0 Å². The van der Waals surface area contributed by atoms with Crippen molar-refractivity contribution in [2.24, 2.45) is 0 Å². The van der Waals surface area contributed by atoms with Gasteiger partial charge in [0, 0.05) is 50.7 Å². The summed E-state index contributed by atoms with van der Waals surface area (Å²) in [5.74, 6) is 0.448. The monoisotopic (exact) mass is 483 g/mol. The molecule has 0 bridgehead atoms. The molecule has 34 heavy (non-hydrogen) atoms. The molecule has 2 aromatic rings. The molecule has 1 unspecified atom stereocenters. The smallest absolute Gasteiger partial charge is 0.407 e. The number of nitriles is 1. The Hall–Kier alpha value is -3.23. The third-order valence-corrected chi connectivity index (χ3v) is 7.74. The topological polar surface area (TPSA) is 137 Å². The first-order valence-corrected chi connectivity index (χ1v) is 13.0. The van der Waals surface area contributed by atoms with Gasteiger partial charge in [0.25, 0.3) is 0 Å². The molecule has 1 aliphatic carbocycles. The van der Waals surface area contributed by atoms with Crippen LogP contribution in [-0.4, -0.2) is 72.0 Å². The van der Waals surface area contributed by atoms with Crippen LogP contribution in [0.25, 0.3) is 0 Å². The predicted octanol–water partition coefficient (Wildman–Crippen LogP) is 1.57. The number of benzene rings is 1. The van der Waals surface area contributed by atoms with Gasteiger partial charge in [-0.25, -0.2) is 23.2 Å². The van der Waals surface area contributed by atoms with E-state index in [1.54, 1.807) is 0 Å². The highest BCUT2D eigenvalue weighted by molar-refractivity contribution is 7.90. The number of hydrogen-bond donors (Lipinski definition) is 1. The summed E-state index contributed by atoms with van der Waals surface area (Å²) in [7, 11) is -3.68. The average molecular weight is 484 g/mol. The zero-order valence-corrected chi connectivity index (χ0v) is 19.6. The van der Waals surface area contributed by atoms with Crippen molar-refractivity contribution >= 4 is 21.7 Å². The number of ether oxygens (including phenoxy) is 1. The van der Waals surface area contributed by atoms with Gasteiger partial charge in [-0.05, 0) is 11.1 Å². The molecular weight excluding hydrogens is 458 g/mol. The van der Waals surface area contributed by atoms with Gasteiger partial charge in [-0.2, -0.15) is 5.26 Å². The van der Waals surface area contributed by atoms with Crippen LogP contribution in [0.15, 0.2) is 29.4 Å². The first kappa shape index (κ1) is 22.6. The van der Waals surface area contributed by atoms with E-state index in [-0.39, 0.29) is 31.3 Å². The van der Waals surface area contributed by atoms with E-state index in [0.717, 1.165) is 24.7 Å². The number of piperazine rings is 1. The number of rotatable bonds is 3. The highest BCUT2D eigenvalue weighted by atomic mass is 32.2. The van der Waals surface area contributed by atoms with Gasteiger partial charge >= 0.3 is 6.09 Å². The predicted molar refractivity (Wildman–Crippen MR) is 121 cm³/mol. The number of carboxylic acid groups (broad SMARTS) is 1. The lowest BCUT2D eigenvalue weighted by Gasteiger charge is -2.41. The van der Waals surface area contributed by atoms with Crippen LogP contribution < -0.4 is 4.90 Å². The Balaban J connectivity index is 1.52. The fourth-order valence-electron chi connectivity index (χ4n) is 5.26. The van der Waals surface area contributed by atoms with Gasteiger partial charge in [0.05, 0.1) is 36.4 Å². The lowest BCUT2D eigenvalue weighted by molar-refractivity contribution is -0.0614. The summed E-state index contributed by atoms with van der Waals surface area (Å²) in [5, 5.41) is 18.5. The largest absolute Gasteiger partial charge is 0.465 e. The fourth-order valence-corrected chi connectivity index (χ4v) is 5.79. The maximum atomic E-state index is 12.4. The van der Waals surface area contributed by atoms with Crippen LogP contribution in [0.1, 0.15) is 28.8 Å². The maximum Gasteiger partial charge on any atom is 0.407 e.